The minimum absolute atomic E-state index is 0.0331. The van der Waals surface area contributed by atoms with Crippen molar-refractivity contribution in [3.8, 4) is 5.75 Å². The van der Waals surface area contributed by atoms with E-state index in [9.17, 15) is 18.0 Å². The summed E-state index contributed by atoms with van der Waals surface area (Å²) in [6, 6.07) is 11.2. The zero-order valence-electron chi connectivity index (χ0n) is 19.7. The minimum Gasteiger partial charge on any atom is -0.484 e. The summed E-state index contributed by atoms with van der Waals surface area (Å²) in [5.74, 6) is 0.277. The molecule has 5 rings (SSSR count). The summed E-state index contributed by atoms with van der Waals surface area (Å²) < 4.78 is 31.5. The van der Waals surface area contributed by atoms with Gasteiger partial charge < -0.3 is 14.6 Å². The molecule has 2 aliphatic rings. The molecular formula is C25H26BrN3O5S. The molecule has 0 saturated carbocycles. The molecule has 184 valence electrons. The molecule has 2 aromatic carbocycles. The average Bonchev–Trinajstić information content (AvgIpc) is 3.20. The fourth-order valence-corrected chi connectivity index (χ4v) is 6.17. The number of nitrogens with zero attached hydrogens (tertiary/aromatic N) is 2. The van der Waals surface area contributed by atoms with E-state index in [1.165, 1.54) is 10.6 Å². The SMILES string of the molecule is CC1(C)c2cc(OCC(=O)N3CCN(S(C)(=O)=O)CC3)ccc2C(=O)c2c1[nH]c1cc(Br)ccc21. The number of carbonyl (C=O) groups is 2. The number of rotatable bonds is 4. The fraction of sp³-hybridized carbons (Fsp3) is 0.360. The van der Waals surface area contributed by atoms with Crippen LogP contribution < -0.4 is 4.74 Å². The zero-order valence-corrected chi connectivity index (χ0v) is 22.1. The highest BCUT2D eigenvalue weighted by Crippen LogP contribution is 2.44. The van der Waals surface area contributed by atoms with Gasteiger partial charge in [-0.3, -0.25) is 9.59 Å². The molecule has 8 nitrogen and oxygen atoms in total. The lowest BCUT2D eigenvalue weighted by Gasteiger charge is -2.33. The van der Waals surface area contributed by atoms with Crippen LogP contribution in [0.15, 0.2) is 40.9 Å². The molecule has 0 radical (unpaired) electrons. The van der Waals surface area contributed by atoms with Gasteiger partial charge in [0.2, 0.25) is 10.0 Å². The summed E-state index contributed by atoms with van der Waals surface area (Å²) in [4.78, 5) is 31.2. The minimum atomic E-state index is -3.26. The van der Waals surface area contributed by atoms with Crippen molar-refractivity contribution < 1.29 is 22.7 Å². The van der Waals surface area contributed by atoms with Crippen molar-refractivity contribution in [3.05, 3.63) is 63.3 Å². The Morgan fingerprint density at radius 2 is 1.83 bits per heavy atom. The molecule has 2 heterocycles. The normalized spacial score (nSPS) is 17.8. The maximum Gasteiger partial charge on any atom is 0.260 e. The molecule has 1 saturated heterocycles. The van der Waals surface area contributed by atoms with Crippen LogP contribution in [0.1, 0.15) is 41.0 Å². The van der Waals surface area contributed by atoms with Crippen LogP contribution in [-0.2, 0) is 20.2 Å². The lowest BCUT2D eigenvalue weighted by atomic mass is 9.71. The number of aromatic nitrogens is 1. The number of sulfonamides is 1. The molecule has 35 heavy (non-hydrogen) atoms. The van der Waals surface area contributed by atoms with Gasteiger partial charge >= 0.3 is 0 Å². The van der Waals surface area contributed by atoms with E-state index in [0.717, 1.165) is 26.6 Å². The summed E-state index contributed by atoms with van der Waals surface area (Å²) in [5.41, 5.74) is 3.45. The van der Waals surface area contributed by atoms with Gasteiger partial charge in [-0.2, -0.15) is 4.31 Å². The third-order valence-electron chi connectivity index (χ3n) is 6.94. The van der Waals surface area contributed by atoms with Crippen molar-refractivity contribution in [2.24, 2.45) is 0 Å². The first kappa shape index (κ1) is 24.0. The van der Waals surface area contributed by atoms with Crippen molar-refractivity contribution in [2.45, 2.75) is 19.3 Å². The lowest BCUT2D eigenvalue weighted by molar-refractivity contribution is -0.134. The maximum atomic E-state index is 13.5. The zero-order chi connectivity index (χ0) is 25.1. The van der Waals surface area contributed by atoms with E-state index in [-0.39, 0.29) is 31.4 Å². The number of benzene rings is 2. The molecule has 0 bridgehead atoms. The quantitative estimate of drug-likeness (QED) is 0.528. The third-order valence-corrected chi connectivity index (χ3v) is 8.74. The average molecular weight is 560 g/mol. The number of aromatic amines is 1. The Morgan fingerprint density at radius 3 is 2.51 bits per heavy atom. The Labute approximate surface area is 212 Å². The molecule has 10 heteroatoms. The van der Waals surface area contributed by atoms with Crippen LogP contribution in [0.4, 0.5) is 0 Å². The predicted octanol–water partition coefficient (Wildman–Crippen LogP) is 3.28. The number of hydrogen-bond acceptors (Lipinski definition) is 5. The van der Waals surface area contributed by atoms with Gasteiger partial charge in [-0.25, -0.2) is 8.42 Å². The first-order valence-electron chi connectivity index (χ1n) is 11.3. The Bertz CT molecular complexity index is 1470. The van der Waals surface area contributed by atoms with Gasteiger partial charge in [0.25, 0.3) is 5.91 Å². The monoisotopic (exact) mass is 559 g/mol. The highest BCUT2D eigenvalue weighted by Gasteiger charge is 2.40. The predicted molar refractivity (Wildman–Crippen MR) is 136 cm³/mol. The largest absolute Gasteiger partial charge is 0.484 e. The standard InChI is InChI=1S/C25H26BrN3O5S/c1-25(2)19-13-16(34-14-21(30)28-8-10-29(11-9-28)35(3,32)33)5-7-17(19)23(31)22-18-6-4-15(26)12-20(18)27-24(22)25/h4-7,12-13,27H,8-11,14H2,1-3H3. The Balaban J connectivity index is 1.35. The van der Waals surface area contributed by atoms with Crippen molar-refractivity contribution in [2.75, 3.05) is 39.0 Å². The number of carbonyl (C=O) groups excluding carboxylic acids is 2. The number of amides is 1. The Kier molecular flexibility index (Phi) is 5.81. The van der Waals surface area contributed by atoms with Crippen LogP contribution in [0.3, 0.4) is 0 Å². The number of fused-ring (bicyclic) bond motifs is 4. The summed E-state index contributed by atoms with van der Waals surface area (Å²) >= 11 is 3.49. The molecule has 1 aromatic heterocycles. The summed E-state index contributed by atoms with van der Waals surface area (Å²) in [5, 5.41) is 0.897. The summed E-state index contributed by atoms with van der Waals surface area (Å²) in [7, 11) is -3.26. The highest BCUT2D eigenvalue weighted by molar-refractivity contribution is 9.10. The maximum absolute atomic E-state index is 13.5. The van der Waals surface area contributed by atoms with E-state index >= 15 is 0 Å². The molecule has 0 atom stereocenters. The molecule has 3 aromatic rings. The molecular weight excluding hydrogens is 534 g/mol. The van der Waals surface area contributed by atoms with Gasteiger partial charge in [-0.15, -0.1) is 0 Å². The van der Waals surface area contributed by atoms with Gasteiger partial charge in [0.05, 0.1) is 11.8 Å². The second kappa shape index (κ2) is 8.46. The van der Waals surface area contributed by atoms with Crippen molar-refractivity contribution in [3.63, 3.8) is 0 Å². The van der Waals surface area contributed by atoms with E-state index in [4.69, 9.17) is 4.74 Å². The fourth-order valence-electron chi connectivity index (χ4n) is 4.98. The Hall–Kier alpha value is -2.69. The molecule has 1 aliphatic heterocycles. The second-order valence-corrected chi connectivity index (χ2v) is 12.5. The molecule has 1 N–H and O–H groups in total. The van der Waals surface area contributed by atoms with E-state index in [1.54, 1.807) is 17.0 Å². The van der Waals surface area contributed by atoms with Crippen LogP contribution in [0.25, 0.3) is 10.9 Å². The topological polar surface area (TPSA) is 99.8 Å². The molecule has 0 unspecified atom stereocenters. The second-order valence-electron chi connectivity index (χ2n) is 9.56. The van der Waals surface area contributed by atoms with Gasteiger partial charge in [0.15, 0.2) is 12.4 Å². The highest BCUT2D eigenvalue weighted by atomic mass is 79.9. The number of nitrogens with one attached hydrogen (secondary N) is 1. The number of ether oxygens (including phenoxy) is 1. The van der Waals surface area contributed by atoms with Gasteiger partial charge in [-0.1, -0.05) is 35.8 Å². The molecule has 1 amide bonds. The van der Waals surface area contributed by atoms with Gasteiger partial charge in [0, 0.05) is 58.2 Å². The van der Waals surface area contributed by atoms with Crippen LogP contribution in [-0.4, -0.2) is 73.3 Å². The van der Waals surface area contributed by atoms with Crippen molar-refractivity contribution >= 4 is 48.5 Å². The molecule has 0 spiro atoms. The summed E-state index contributed by atoms with van der Waals surface area (Å²) in [6.45, 7) is 5.21. The number of H-pyrrole nitrogens is 1. The lowest BCUT2D eigenvalue weighted by Crippen LogP contribution is -2.51. The van der Waals surface area contributed by atoms with Crippen LogP contribution in [0.5, 0.6) is 5.75 Å². The third kappa shape index (κ3) is 4.17. The number of piperazine rings is 1. The van der Waals surface area contributed by atoms with Gasteiger partial charge in [0.1, 0.15) is 5.75 Å². The smallest absolute Gasteiger partial charge is 0.260 e. The van der Waals surface area contributed by atoms with Crippen molar-refractivity contribution in [1.82, 2.24) is 14.2 Å². The molecule has 1 fully saturated rings. The van der Waals surface area contributed by atoms with Crippen molar-refractivity contribution in [1.29, 1.82) is 0 Å². The number of ketones is 1. The Morgan fingerprint density at radius 1 is 1.11 bits per heavy atom. The number of hydrogen-bond donors (Lipinski definition) is 1. The van der Waals surface area contributed by atoms with E-state index in [0.29, 0.717) is 30.0 Å². The first-order valence-corrected chi connectivity index (χ1v) is 14.0. The molecule has 1 aliphatic carbocycles. The number of halogens is 1. The summed E-state index contributed by atoms with van der Waals surface area (Å²) in [6.07, 6.45) is 1.17. The van der Waals surface area contributed by atoms with Gasteiger partial charge in [-0.05, 0) is 35.9 Å². The van der Waals surface area contributed by atoms with E-state index < -0.39 is 15.4 Å². The van der Waals surface area contributed by atoms with Crippen LogP contribution >= 0.6 is 15.9 Å². The first-order chi connectivity index (χ1) is 16.5. The van der Waals surface area contributed by atoms with Crippen LogP contribution in [0, 0.1) is 0 Å². The van der Waals surface area contributed by atoms with E-state index in [2.05, 4.69) is 34.8 Å². The van der Waals surface area contributed by atoms with E-state index in [1.807, 2.05) is 24.3 Å². The van der Waals surface area contributed by atoms with Crippen LogP contribution in [0.2, 0.25) is 0 Å².